The molecule has 1 heterocycles. The Hall–Kier alpha value is -1.08. The van der Waals surface area contributed by atoms with E-state index in [2.05, 4.69) is 22.2 Å². The maximum absolute atomic E-state index is 10.4. The minimum Gasteiger partial charge on any atom is -0.396 e. The van der Waals surface area contributed by atoms with E-state index in [9.17, 15) is 10.2 Å². The molecule has 2 rings (SSSR count). The van der Waals surface area contributed by atoms with Crippen molar-refractivity contribution in [3.05, 3.63) is 23.8 Å². The highest BCUT2D eigenvalue weighted by atomic mass is 16.5. The van der Waals surface area contributed by atoms with E-state index in [0.717, 1.165) is 30.9 Å². The molecule has 0 radical (unpaired) electrons. The third-order valence-corrected chi connectivity index (χ3v) is 5.44. The van der Waals surface area contributed by atoms with Crippen molar-refractivity contribution in [3.8, 4) is 0 Å². The average Bonchev–Trinajstić information content (AvgIpc) is 2.94. The lowest BCUT2D eigenvalue weighted by atomic mass is 9.88. The predicted octanol–water partition coefficient (Wildman–Crippen LogP) is 1.74. The van der Waals surface area contributed by atoms with Crippen molar-refractivity contribution in [1.29, 1.82) is 0 Å². The summed E-state index contributed by atoms with van der Waals surface area (Å²) in [5.41, 5.74) is 0.974. The molecule has 6 nitrogen and oxygen atoms in total. The van der Waals surface area contributed by atoms with Gasteiger partial charge in [0.25, 0.3) is 0 Å². The number of rotatable bonds is 12. The highest BCUT2D eigenvalue weighted by Gasteiger charge is 2.41. The van der Waals surface area contributed by atoms with E-state index in [4.69, 9.17) is 4.74 Å². The Kier molecular flexibility index (Phi) is 9.46. The van der Waals surface area contributed by atoms with Gasteiger partial charge in [0.05, 0.1) is 12.7 Å². The first-order valence-corrected chi connectivity index (χ1v) is 10.0. The van der Waals surface area contributed by atoms with Crippen LogP contribution in [0.5, 0.6) is 0 Å². The number of aliphatic hydroxyl groups is 2. The second-order valence-electron chi connectivity index (χ2n) is 7.35. The molecule has 1 aliphatic carbocycles. The van der Waals surface area contributed by atoms with Gasteiger partial charge in [0.15, 0.2) is 0 Å². The molecule has 26 heavy (non-hydrogen) atoms. The molecule has 0 bridgehead atoms. The van der Waals surface area contributed by atoms with Gasteiger partial charge in [0, 0.05) is 44.0 Å². The zero-order chi connectivity index (χ0) is 18.8. The minimum atomic E-state index is -0.451. The molecular weight excluding hydrogens is 330 g/mol. The summed E-state index contributed by atoms with van der Waals surface area (Å²) in [7, 11) is 1.67. The van der Waals surface area contributed by atoms with Gasteiger partial charge in [-0.1, -0.05) is 26.2 Å². The quantitative estimate of drug-likeness (QED) is 0.489. The Morgan fingerprint density at radius 1 is 1.27 bits per heavy atom. The predicted molar refractivity (Wildman–Crippen MR) is 102 cm³/mol. The van der Waals surface area contributed by atoms with Gasteiger partial charge in [-0.25, -0.2) is 9.97 Å². The Bertz CT molecular complexity index is 515. The Morgan fingerprint density at radius 2 is 2.12 bits per heavy atom. The Balaban J connectivity index is 1.97. The van der Waals surface area contributed by atoms with Crippen LogP contribution >= 0.6 is 0 Å². The summed E-state index contributed by atoms with van der Waals surface area (Å²) in [5, 5.41) is 23.8. The number of hydrogen-bond donors (Lipinski definition) is 3. The number of methoxy groups -OCH3 is 1. The topological polar surface area (TPSA) is 87.5 Å². The number of nitrogens with zero attached hydrogens (tertiary/aromatic N) is 2. The van der Waals surface area contributed by atoms with Crippen LogP contribution in [0.4, 0.5) is 0 Å². The normalized spacial score (nSPS) is 25.7. The van der Waals surface area contributed by atoms with Gasteiger partial charge in [-0.2, -0.15) is 0 Å². The number of ether oxygens (including phenoxy) is 1. The van der Waals surface area contributed by atoms with E-state index in [-0.39, 0.29) is 24.5 Å². The SMILES string of the molecule is CCCCCCN[C@@H]1C[C@@H](O)[C@H](CO)[C@H]1Cc1ccnc(CCOC)n1. The van der Waals surface area contributed by atoms with Crippen molar-refractivity contribution >= 4 is 0 Å². The maximum Gasteiger partial charge on any atom is 0.130 e. The Morgan fingerprint density at radius 3 is 2.85 bits per heavy atom. The monoisotopic (exact) mass is 365 g/mol. The minimum absolute atomic E-state index is 0.0153. The number of unbranched alkanes of at least 4 members (excludes halogenated alkanes) is 3. The largest absolute Gasteiger partial charge is 0.396 e. The van der Waals surface area contributed by atoms with Crippen molar-refractivity contribution in [2.24, 2.45) is 11.8 Å². The maximum atomic E-state index is 10.4. The summed E-state index contributed by atoms with van der Waals surface area (Å²) >= 11 is 0. The molecule has 0 amide bonds. The molecule has 3 N–H and O–H groups in total. The smallest absolute Gasteiger partial charge is 0.130 e. The van der Waals surface area contributed by atoms with Crippen molar-refractivity contribution in [2.75, 3.05) is 26.9 Å². The molecule has 0 aliphatic heterocycles. The standard InChI is InChI=1S/C20H35N3O3/c1-3-4-5-6-9-21-18-13-19(25)17(14-24)16(18)12-15-7-10-22-20(23-15)8-11-26-2/h7,10,16-19,21,24-25H,3-6,8-9,11-14H2,1-2H3/t16-,17-,18-,19-/m1/s1. The zero-order valence-corrected chi connectivity index (χ0v) is 16.2. The van der Waals surface area contributed by atoms with Crippen LogP contribution in [0.2, 0.25) is 0 Å². The summed E-state index contributed by atoms with van der Waals surface area (Å²) in [5.74, 6) is 0.874. The highest BCUT2D eigenvalue weighted by Crippen LogP contribution is 2.34. The van der Waals surface area contributed by atoms with Crippen LogP contribution in [-0.4, -0.2) is 59.2 Å². The number of aliphatic hydroxyl groups excluding tert-OH is 2. The summed E-state index contributed by atoms with van der Waals surface area (Å²) in [6, 6.07) is 2.16. The third-order valence-electron chi connectivity index (χ3n) is 5.44. The summed E-state index contributed by atoms with van der Waals surface area (Å²) in [6.07, 6.45) is 8.38. The zero-order valence-electron chi connectivity index (χ0n) is 16.2. The van der Waals surface area contributed by atoms with Gasteiger partial charge in [0.1, 0.15) is 5.82 Å². The van der Waals surface area contributed by atoms with Crippen LogP contribution in [0.3, 0.4) is 0 Å². The molecular formula is C20H35N3O3. The second kappa shape index (κ2) is 11.6. The van der Waals surface area contributed by atoms with Crippen LogP contribution in [0.25, 0.3) is 0 Å². The van der Waals surface area contributed by atoms with E-state index in [1.165, 1.54) is 19.3 Å². The van der Waals surface area contributed by atoms with Gasteiger partial charge in [-0.05, 0) is 37.8 Å². The number of aromatic nitrogens is 2. The molecule has 1 aliphatic rings. The summed E-state index contributed by atoms with van der Waals surface area (Å²) in [4.78, 5) is 8.94. The molecule has 1 fully saturated rings. The highest BCUT2D eigenvalue weighted by molar-refractivity contribution is 5.08. The van der Waals surface area contributed by atoms with Crippen molar-refractivity contribution in [2.45, 2.75) is 64.0 Å². The molecule has 148 valence electrons. The number of hydrogen-bond acceptors (Lipinski definition) is 6. The van der Waals surface area contributed by atoms with Crippen LogP contribution in [0, 0.1) is 11.8 Å². The molecule has 4 atom stereocenters. The second-order valence-corrected chi connectivity index (χ2v) is 7.35. The van der Waals surface area contributed by atoms with Gasteiger partial charge in [-0.3, -0.25) is 0 Å². The van der Waals surface area contributed by atoms with Gasteiger partial charge in [-0.15, -0.1) is 0 Å². The van der Waals surface area contributed by atoms with Crippen molar-refractivity contribution in [3.63, 3.8) is 0 Å². The lowest BCUT2D eigenvalue weighted by Crippen LogP contribution is -2.37. The first-order chi connectivity index (χ1) is 12.7. The first-order valence-electron chi connectivity index (χ1n) is 10.0. The lowest BCUT2D eigenvalue weighted by molar-refractivity contribution is 0.0716. The molecule has 1 aromatic rings. The van der Waals surface area contributed by atoms with E-state index in [0.29, 0.717) is 19.4 Å². The van der Waals surface area contributed by atoms with Crippen LogP contribution in [-0.2, 0) is 17.6 Å². The fraction of sp³-hybridized carbons (Fsp3) is 0.800. The van der Waals surface area contributed by atoms with E-state index >= 15 is 0 Å². The van der Waals surface area contributed by atoms with Gasteiger partial charge in [0.2, 0.25) is 0 Å². The molecule has 6 heteroatoms. The van der Waals surface area contributed by atoms with E-state index in [1.807, 2.05) is 6.07 Å². The summed E-state index contributed by atoms with van der Waals surface area (Å²) < 4.78 is 5.10. The van der Waals surface area contributed by atoms with Crippen molar-refractivity contribution < 1.29 is 14.9 Å². The summed E-state index contributed by atoms with van der Waals surface area (Å²) in [6.45, 7) is 3.80. The third kappa shape index (κ3) is 6.27. The first kappa shape index (κ1) is 21.2. The molecule has 1 aromatic heterocycles. The number of nitrogens with one attached hydrogen (secondary N) is 1. The van der Waals surface area contributed by atoms with E-state index in [1.54, 1.807) is 13.3 Å². The Labute approximate surface area is 157 Å². The van der Waals surface area contributed by atoms with Crippen LogP contribution in [0.15, 0.2) is 12.3 Å². The van der Waals surface area contributed by atoms with Crippen LogP contribution < -0.4 is 5.32 Å². The fourth-order valence-electron chi connectivity index (χ4n) is 3.93. The molecule has 0 saturated heterocycles. The fourth-order valence-corrected chi connectivity index (χ4v) is 3.93. The van der Waals surface area contributed by atoms with Crippen molar-refractivity contribution in [1.82, 2.24) is 15.3 Å². The average molecular weight is 366 g/mol. The van der Waals surface area contributed by atoms with Gasteiger partial charge < -0.3 is 20.3 Å². The molecule has 1 saturated carbocycles. The molecule has 0 spiro atoms. The molecule has 0 unspecified atom stereocenters. The van der Waals surface area contributed by atoms with E-state index < -0.39 is 6.10 Å². The van der Waals surface area contributed by atoms with Gasteiger partial charge >= 0.3 is 0 Å². The lowest BCUT2D eigenvalue weighted by Gasteiger charge is -2.25. The van der Waals surface area contributed by atoms with Crippen LogP contribution in [0.1, 0.15) is 50.5 Å². The molecule has 0 aromatic carbocycles.